The van der Waals surface area contributed by atoms with Gasteiger partial charge in [0.25, 0.3) is 0 Å². The van der Waals surface area contributed by atoms with Gasteiger partial charge in [0.2, 0.25) is 5.91 Å². The number of hydrogen-bond donors (Lipinski definition) is 3. The molecule has 1 saturated carbocycles. The van der Waals surface area contributed by atoms with Crippen LogP contribution in [0.5, 0.6) is 0 Å². The normalized spacial score (nSPS) is 16.6. The number of hydrogen-bond acceptors (Lipinski definition) is 3. The maximum Gasteiger partial charge on any atom is 0.321 e. The van der Waals surface area contributed by atoms with Crippen LogP contribution >= 0.6 is 0 Å². The van der Waals surface area contributed by atoms with Gasteiger partial charge < -0.3 is 15.7 Å². The van der Waals surface area contributed by atoms with Gasteiger partial charge in [0.15, 0.2) is 0 Å². The molecule has 5 nitrogen and oxygen atoms in total. The SMILES string of the molecule is Cc1ccc(NC(=O)C[C@H](NC2CCCC2)C(=O)O)cc1. The molecule has 1 fully saturated rings. The molecule has 1 amide bonds. The third-order valence-electron chi connectivity index (χ3n) is 3.81. The lowest BCUT2D eigenvalue weighted by Gasteiger charge is -2.19. The Morgan fingerprint density at radius 3 is 2.43 bits per heavy atom. The number of amides is 1. The van der Waals surface area contributed by atoms with Gasteiger partial charge in [-0.05, 0) is 31.9 Å². The van der Waals surface area contributed by atoms with E-state index in [1.54, 1.807) is 0 Å². The first-order valence-electron chi connectivity index (χ1n) is 7.40. The summed E-state index contributed by atoms with van der Waals surface area (Å²) in [5.41, 5.74) is 1.80. The molecular weight excluding hydrogens is 268 g/mol. The van der Waals surface area contributed by atoms with Crippen LogP contribution in [-0.4, -0.2) is 29.1 Å². The smallest absolute Gasteiger partial charge is 0.321 e. The van der Waals surface area contributed by atoms with Crippen LogP contribution < -0.4 is 10.6 Å². The molecular formula is C16H22N2O3. The molecule has 21 heavy (non-hydrogen) atoms. The van der Waals surface area contributed by atoms with Crippen LogP contribution in [0, 0.1) is 6.92 Å². The second kappa shape index (κ2) is 7.22. The zero-order valence-corrected chi connectivity index (χ0v) is 12.3. The predicted molar refractivity (Wildman–Crippen MR) is 81.2 cm³/mol. The molecule has 0 heterocycles. The number of rotatable bonds is 6. The summed E-state index contributed by atoms with van der Waals surface area (Å²) in [6, 6.07) is 6.83. The summed E-state index contributed by atoms with van der Waals surface area (Å²) in [5.74, 6) is -1.25. The number of benzene rings is 1. The van der Waals surface area contributed by atoms with Crippen molar-refractivity contribution in [3.05, 3.63) is 29.8 Å². The number of aryl methyl sites for hydroxylation is 1. The van der Waals surface area contributed by atoms with Crippen molar-refractivity contribution in [2.45, 2.75) is 51.1 Å². The van der Waals surface area contributed by atoms with E-state index in [1.165, 1.54) is 0 Å². The van der Waals surface area contributed by atoms with Gasteiger partial charge in [-0.1, -0.05) is 30.5 Å². The molecule has 3 N–H and O–H groups in total. The van der Waals surface area contributed by atoms with E-state index >= 15 is 0 Å². The highest BCUT2D eigenvalue weighted by Gasteiger charge is 2.25. The van der Waals surface area contributed by atoms with Gasteiger partial charge in [-0.15, -0.1) is 0 Å². The van der Waals surface area contributed by atoms with Gasteiger partial charge in [0, 0.05) is 11.7 Å². The Balaban J connectivity index is 1.88. The molecule has 5 heteroatoms. The molecule has 1 aliphatic rings. The van der Waals surface area contributed by atoms with E-state index in [9.17, 15) is 14.7 Å². The van der Waals surface area contributed by atoms with E-state index in [1.807, 2.05) is 31.2 Å². The maximum atomic E-state index is 12.0. The molecule has 0 aromatic heterocycles. The van der Waals surface area contributed by atoms with Crippen molar-refractivity contribution >= 4 is 17.6 Å². The average molecular weight is 290 g/mol. The van der Waals surface area contributed by atoms with Gasteiger partial charge in [-0.3, -0.25) is 9.59 Å². The monoisotopic (exact) mass is 290 g/mol. The van der Waals surface area contributed by atoms with E-state index in [4.69, 9.17) is 0 Å². The molecule has 0 spiro atoms. The zero-order valence-electron chi connectivity index (χ0n) is 12.3. The summed E-state index contributed by atoms with van der Waals surface area (Å²) in [7, 11) is 0. The highest BCUT2D eigenvalue weighted by molar-refractivity contribution is 5.94. The van der Waals surface area contributed by atoms with Crippen LogP contribution in [0.25, 0.3) is 0 Å². The van der Waals surface area contributed by atoms with Crippen molar-refractivity contribution < 1.29 is 14.7 Å². The fourth-order valence-electron chi connectivity index (χ4n) is 2.63. The average Bonchev–Trinajstić information content (AvgIpc) is 2.93. The number of carbonyl (C=O) groups is 2. The molecule has 0 unspecified atom stereocenters. The summed E-state index contributed by atoms with van der Waals surface area (Å²) in [6.45, 7) is 1.97. The minimum atomic E-state index is -0.971. The Bertz CT molecular complexity index is 493. The molecule has 0 radical (unpaired) electrons. The lowest BCUT2D eigenvalue weighted by atomic mass is 10.1. The summed E-state index contributed by atoms with van der Waals surface area (Å²) < 4.78 is 0. The molecule has 114 valence electrons. The maximum absolute atomic E-state index is 12.0. The molecule has 1 aromatic carbocycles. The number of anilines is 1. The number of carboxylic acid groups (broad SMARTS) is 1. The zero-order chi connectivity index (χ0) is 15.2. The van der Waals surface area contributed by atoms with Gasteiger partial charge >= 0.3 is 5.97 Å². The van der Waals surface area contributed by atoms with Gasteiger partial charge in [-0.25, -0.2) is 0 Å². The largest absolute Gasteiger partial charge is 0.480 e. The third kappa shape index (κ3) is 4.86. The molecule has 1 aromatic rings. The van der Waals surface area contributed by atoms with E-state index < -0.39 is 12.0 Å². The number of nitrogens with one attached hydrogen (secondary N) is 2. The van der Waals surface area contributed by atoms with E-state index in [-0.39, 0.29) is 18.4 Å². The standard InChI is InChI=1S/C16H22N2O3/c1-11-6-8-13(9-7-11)18-15(19)10-14(16(20)21)17-12-4-2-3-5-12/h6-9,12,14,17H,2-5,10H2,1H3,(H,18,19)(H,20,21)/t14-/m0/s1. The topological polar surface area (TPSA) is 78.4 Å². The molecule has 2 rings (SSSR count). The predicted octanol–water partition coefficient (Wildman–Crippen LogP) is 2.31. The molecule has 0 bridgehead atoms. The van der Waals surface area contributed by atoms with Crippen molar-refractivity contribution in [3.8, 4) is 0 Å². The summed E-state index contributed by atoms with van der Waals surface area (Å²) >= 11 is 0. The van der Waals surface area contributed by atoms with Gasteiger partial charge in [0.05, 0.1) is 6.42 Å². The minimum absolute atomic E-state index is 0.0558. The van der Waals surface area contributed by atoms with Crippen LogP contribution in [0.4, 0.5) is 5.69 Å². The van der Waals surface area contributed by atoms with Crippen molar-refractivity contribution in [2.75, 3.05) is 5.32 Å². The summed E-state index contributed by atoms with van der Waals surface area (Å²) in [4.78, 5) is 23.2. The van der Waals surface area contributed by atoms with Crippen molar-refractivity contribution in [2.24, 2.45) is 0 Å². The highest BCUT2D eigenvalue weighted by atomic mass is 16.4. The molecule has 1 atom stereocenters. The van der Waals surface area contributed by atoms with E-state index in [0.717, 1.165) is 31.2 Å². The second-order valence-corrected chi connectivity index (χ2v) is 5.66. The van der Waals surface area contributed by atoms with Crippen molar-refractivity contribution in [1.82, 2.24) is 5.32 Å². The van der Waals surface area contributed by atoms with Crippen molar-refractivity contribution in [1.29, 1.82) is 0 Å². The minimum Gasteiger partial charge on any atom is -0.480 e. The second-order valence-electron chi connectivity index (χ2n) is 5.66. The van der Waals surface area contributed by atoms with Crippen LogP contribution in [0.2, 0.25) is 0 Å². The Labute approximate surface area is 124 Å². The Kier molecular flexibility index (Phi) is 5.33. The molecule has 0 saturated heterocycles. The lowest BCUT2D eigenvalue weighted by Crippen LogP contribution is -2.44. The first-order valence-corrected chi connectivity index (χ1v) is 7.40. The fraction of sp³-hybridized carbons (Fsp3) is 0.500. The van der Waals surface area contributed by atoms with Crippen LogP contribution in [0.3, 0.4) is 0 Å². The first-order chi connectivity index (χ1) is 10.0. The summed E-state index contributed by atoms with van der Waals surface area (Å²) in [5, 5.41) is 15.1. The quantitative estimate of drug-likeness (QED) is 0.751. The fourth-order valence-corrected chi connectivity index (χ4v) is 2.63. The number of aliphatic carboxylic acids is 1. The van der Waals surface area contributed by atoms with Crippen molar-refractivity contribution in [3.63, 3.8) is 0 Å². The first kappa shape index (κ1) is 15.5. The highest BCUT2D eigenvalue weighted by Crippen LogP contribution is 2.19. The summed E-state index contributed by atoms with van der Waals surface area (Å²) in [6.07, 6.45) is 4.17. The molecule has 1 aliphatic carbocycles. The van der Waals surface area contributed by atoms with Gasteiger partial charge in [0.1, 0.15) is 6.04 Å². The Morgan fingerprint density at radius 2 is 1.86 bits per heavy atom. The lowest BCUT2D eigenvalue weighted by molar-refractivity contribution is -0.141. The number of carboxylic acids is 1. The van der Waals surface area contributed by atoms with E-state index in [0.29, 0.717) is 5.69 Å². The van der Waals surface area contributed by atoms with Gasteiger partial charge in [-0.2, -0.15) is 0 Å². The van der Waals surface area contributed by atoms with E-state index in [2.05, 4.69) is 10.6 Å². The third-order valence-corrected chi connectivity index (χ3v) is 3.81. The molecule has 0 aliphatic heterocycles. The number of carbonyl (C=O) groups excluding carboxylic acids is 1. The Morgan fingerprint density at radius 1 is 1.24 bits per heavy atom. The van der Waals surface area contributed by atoms with Crippen LogP contribution in [0.15, 0.2) is 24.3 Å². The van der Waals surface area contributed by atoms with Crippen LogP contribution in [0.1, 0.15) is 37.7 Å². The Hall–Kier alpha value is -1.88. The van der Waals surface area contributed by atoms with Crippen LogP contribution in [-0.2, 0) is 9.59 Å².